The van der Waals surface area contributed by atoms with Crippen LogP contribution < -0.4 is 20.5 Å². The van der Waals surface area contributed by atoms with Crippen LogP contribution in [0.3, 0.4) is 0 Å². The van der Waals surface area contributed by atoms with Gasteiger partial charge < -0.3 is 29.8 Å². The second-order valence-electron chi connectivity index (χ2n) is 9.94. The molecule has 0 unspecified atom stereocenters. The predicted octanol–water partition coefficient (Wildman–Crippen LogP) is 1.81. The third-order valence-electron chi connectivity index (χ3n) is 6.53. The zero-order chi connectivity index (χ0) is 33.8. The van der Waals surface area contributed by atoms with Gasteiger partial charge in [-0.05, 0) is 11.1 Å². The summed E-state index contributed by atoms with van der Waals surface area (Å²) < 4.78 is 18.1. The standard InChI is InChI=1S/C29H30N8O10/c30-23(38)9-10-25(40)45-16-13-31-24(39)17-35-18-32-26-27(35)33-29(47-15-12-20-3-7-22(8-4-20)37(43)44)34-28(26)46-14-11-19-1-5-21(6-2-19)36(41)42/h1-8,18H,9-17H2,(H2,30,38)(H,31,39). The number of esters is 1. The summed E-state index contributed by atoms with van der Waals surface area (Å²) >= 11 is 0. The lowest BCUT2D eigenvalue weighted by molar-refractivity contribution is -0.385. The van der Waals surface area contributed by atoms with Crippen LogP contribution >= 0.6 is 0 Å². The Balaban J connectivity index is 1.42. The van der Waals surface area contributed by atoms with Crippen molar-refractivity contribution in [1.82, 2.24) is 24.8 Å². The van der Waals surface area contributed by atoms with E-state index in [4.69, 9.17) is 19.9 Å². The van der Waals surface area contributed by atoms with Crippen molar-refractivity contribution in [2.75, 3.05) is 26.4 Å². The zero-order valence-corrected chi connectivity index (χ0v) is 24.9. The first-order chi connectivity index (χ1) is 22.6. The van der Waals surface area contributed by atoms with Crippen molar-refractivity contribution in [3.05, 3.63) is 86.2 Å². The van der Waals surface area contributed by atoms with E-state index in [-0.39, 0.29) is 80.2 Å². The normalized spacial score (nSPS) is 10.7. The number of nitrogens with two attached hydrogens (primary N) is 1. The number of amides is 2. The molecule has 2 aromatic carbocycles. The van der Waals surface area contributed by atoms with Crippen LogP contribution in [0.25, 0.3) is 11.2 Å². The van der Waals surface area contributed by atoms with Crippen molar-refractivity contribution in [3.63, 3.8) is 0 Å². The Morgan fingerprint density at radius 2 is 1.43 bits per heavy atom. The molecule has 47 heavy (non-hydrogen) atoms. The number of benzene rings is 2. The molecule has 3 N–H and O–H groups in total. The van der Waals surface area contributed by atoms with Gasteiger partial charge in [0.05, 0.1) is 42.4 Å². The molecule has 246 valence electrons. The quantitative estimate of drug-likeness (QED) is 0.0676. The number of nitrogens with one attached hydrogen (secondary N) is 1. The minimum atomic E-state index is -0.622. The molecule has 0 aliphatic carbocycles. The van der Waals surface area contributed by atoms with Gasteiger partial charge in [0.15, 0.2) is 11.2 Å². The van der Waals surface area contributed by atoms with Crippen molar-refractivity contribution in [2.24, 2.45) is 5.73 Å². The molecule has 0 saturated carbocycles. The number of hydrogen-bond donors (Lipinski definition) is 2. The number of nitrogens with zero attached hydrogens (tertiary/aromatic N) is 6. The molecule has 2 heterocycles. The van der Waals surface area contributed by atoms with E-state index in [0.717, 1.165) is 11.1 Å². The molecular weight excluding hydrogens is 620 g/mol. The molecule has 4 rings (SSSR count). The van der Waals surface area contributed by atoms with Gasteiger partial charge in [0.25, 0.3) is 11.4 Å². The molecule has 2 amide bonds. The summed E-state index contributed by atoms with van der Waals surface area (Å²) in [6.07, 6.45) is 1.89. The second kappa shape index (κ2) is 16.2. The Bertz CT molecular complexity index is 1740. The smallest absolute Gasteiger partial charge is 0.321 e. The van der Waals surface area contributed by atoms with Crippen LogP contribution in [0.2, 0.25) is 0 Å². The Morgan fingerprint density at radius 1 is 0.830 bits per heavy atom. The average molecular weight is 651 g/mol. The van der Waals surface area contributed by atoms with Gasteiger partial charge in [0.2, 0.25) is 17.7 Å². The maximum Gasteiger partial charge on any atom is 0.321 e. The molecule has 0 spiro atoms. The number of fused-ring (bicyclic) bond motifs is 1. The lowest BCUT2D eigenvalue weighted by Gasteiger charge is -2.11. The number of nitro groups is 2. The molecule has 0 aliphatic heterocycles. The fourth-order valence-electron chi connectivity index (χ4n) is 4.14. The topological polar surface area (TPSA) is 247 Å². The Kier molecular flexibility index (Phi) is 11.6. The minimum Gasteiger partial charge on any atom is -0.476 e. The highest BCUT2D eigenvalue weighted by Gasteiger charge is 2.18. The molecule has 18 heteroatoms. The molecule has 0 aliphatic rings. The number of primary amides is 1. The Hall–Kier alpha value is -6.20. The maximum absolute atomic E-state index is 12.6. The van der Waals surface area contributed by atoms with Crippen molar-refractivity contribution in [2.45, 2.75) is 32.2 Å². The Labute approximate surface area is 266 Å². The fraction of sp³-hybridized carbons (Fsp3) is 0.310. The number of hydrogen-bond acceptors (Lipinski definition) is 13. The number of aromatic nitrogens is 4. The molecular formula is C29H30N8O10. The summed E-state index contributed by atoms with van der Waals surface area (Å²) in [4.78, 5) is 68.9. The summed E-state index contributed by atoms with van der Waals surface area (Å²) in [7, 11) is 0. The summed E-state index contributed by atoms with van der Waals surface area (Å²) in [5.41, 5.74) is 7.02. The van der Waals surface area contributed by atoms with Crippen LogP contribution in [-0.2, 0) is 38.5 Å². The predicted molar refractivity (Wildman–Crippen MR) is 162 cm³/mol. The van der Waals surface area contributed by atoms with Gasteiger partial charge in [0, 0.05) is 43.5 Å². The molecule has 0 saturated heterocycles. The first-order valence-electron chi connectivity index (χ1n) is 14.2. The highest BCUT2D eigenvalue weighted by Crippen LogP contribution is 2.24. The molecule has 2 aromatic heterocycles. The monoisotopic (exact) mass is 650 g/mol. The molecule has 0 atom stereocenters. The summed E-state index contributed by atoms with van der Waals surface area (Å²) in [6, 6.07) is 12.0. The van der Waals surface area contributed by atoms with Crippen LogP contribution in [0.4, 0.5) is 11.4 Å². The van der Waals surface area contributed by atoms with Gasteiger partial charge >= 0.3 is 12.0 Å². The number of nitro benzene ring substituents is 2. The third kappa shape index (κ3) is 10.2. The van der Waals surface area contributed by atoms with Crippen LogP contribution in [-0.4, -0.2) is 73.5 Å². The third-order valence-corrected chi connectivity index (χ3v) is 6.53. The Morgan fingerprint density at radius 3 is 2.00 bits per heavy atom. The lowest BCUT2D eigenvalue weighted by atomic mass is 10.1. The number of ether oxygens (including phenoxy) is 3. The van der Waals surface area contributed by atoms with Crippen molar-refractivity contribution in [1.29, 1.82) is 0 Å². The number of carbonyl (C=O) groups is 3. The van der Waals surface area contributed by atoms with Crippen LogP contribution in [0, 0.1) is 20.2 Å². The largest absolute Gasteiger partial charge is 0.476 e. The van der Waals surface area contributed by atoms with E-state index in [0.29, 0.717) is 12.8 Å². The van der Waals surface area contributed by atoms with Gasteiger partial charge in [-0.3, -0.25) is 34.6 Å². The van der Waals surface area contributed by atoms with E-state index in [1.807, 2.05) is 0 Å². The lowest BCUT2D eigenvalue weighted by Crippen LogP contribution is -2.31. The van der Waals surface area contributed by atoms with Gasteiger partial charge in [-0.2, -0.15) is 9.97 Å². The number of carbonyl (C=O) groups excluding carboxylic acids is 3. The second-order valence-corrected chi connectivity index (χ2v) is 9.94. The summed E-state index contributed by atoms with van der Waals surface area (Å²) in [5, 5.41) is 24.5. The first-order valence-corrected chi connectivity index (χ1v) is 14.2. The molecule has 0 radical (unpaired) electrons. The fourth-order valence-corrected chi connectivity index (χ4v) is 4.14. The first kappa shape index (κ1) is 33.7. The van der Waals surface area contributed by atoms with Gasteiger partial charge in [-0.15, -0.1) is 0 Å². The minimum absolute atomic E-state index is 0.0246. The van der Waals surface area contributed by atoms with Crippen molar-refractivity contribution in [3.8, 4) is 11.9 Å². The number of non-ortho nitro benzene ring substituents is 2. The van der Waals surface area contributed by atoms with Crippen molar-refractivity contribution < 1.29 is 38.4 Å². The van der Waals surface area contributed by atoms with Crippen LogP contribution in [0.1, 0.15) is 24.0 Å². The van der Waals surface area contributed by atoms with E-state index in [9.17, 15) is 34.6 Å². The molecule has 0 bridgehead atoms. The van der Waals surface area contributed by atoms with E-state index in [1.54, 1.807) is 24.3 Å². The van der Waals surface area contributed by atoms with Crippen molar-refractivity contribution >= 4 is 40.3 Å². The van der Waals surface area contributed by atoms with Crippen LogP contribution in [0.5, 0.6) is 11.9 Å². The highest BCUT2D eigenvalue weighted by atomic mass is 16.6. The molecule has 18 nitrogen and oxygen atoms in total. The van der Waals surface area contributed by atoms with E-state index in [2.05, 4.69) is 20.3 Å². The maximum atomic E-state index is 12.6. The SMILES string of the molecule is NC(=O)CCC(=O)OCCNC(=O)Cn1cnc2c(OCCc3ccc([N+](=O)[O-])cc3)nc(OCCc3ccc([N+](=O)[O-])cc3)nc21. The number of imidazole rings is 1. The van der Waals surface area contributed by atoms with E-state index >= 15 is 0 Å². The van der Waals surface area contributed by atoms with E-state index < -0.39 is 27.6 Å². The van der Waals surface area contributed by atoms with E-state index in [1.165, 1.54) is 35.2 Å². The van der Waals surface area contributed by atoms with Gasteiger partial charge in [-0.25, -0.2) is 4.98 Å². The molecule has 4 aromatic rings. The summed E-state index contributed by atoms with van der Waals surface area (Å²) in [5.74, 6) is -1.58. The molecule has 0 fully saturated rings. The highest BCUT2D eigenvalue weighted by molar-refractivity contribution is 5.81. The summed E-state index contributed by atoms with van der Waals surface area (Å²) in [6.45, 7) is -0.0178. The zero-order valence-electron chi connectivity index (χ0n) is 24.9. The van der Waals surface area contributed by atoms with Gasteiger partial charge in [-0.1, -0.05) is 24.3 Å². The van der Waals surface area contributed by atoms with Crippen LogP contribution in [0.15, 0.2) is 54.9 Å². The number of rotatable bonds is 18. The van der Waals surface area contributed by atoms with Gasteiger partial charge in [0.1, 0.15) is 13.2 Å². The average Bonchev–Trinajstić information content (AvgIpc) is 3.45.